The molecule has 0 bridgehead atoms. The summed E-state index contributed by atoms with van der Waals surface area (Å²) in [5.41, 5.74) is 1.04. The van der Waals surface area contributed by atoms with E-state index >= 15 is 0 Å². The second-order valence-electron chi connectivity index (χ2n) is 6.44. The molecule has 0 saturated carbocycles. The molecule has 2 fully saturated rings. The summed E-state index contributed by atoms with van der Waals surface area (Å²) in [6.07, 6.45) is 3.80. The van der Waals surface area contributed by atoms with E-state index in [0.717, 1.165) is 32.3 Å². The van der Waals surface area contributed by atoms with Gasteiger partial charge < -0.3 is 10.1 Å². The predicted molar refractivity (Wildman–Crippen MR) is 90.5 cm³/mol. The zero-order valence-corrected chi connectivity index (χ0v) is 14.8. The molecule has 0 aliphatic carbocycles. The van der Waals surface area contributed by atoms with Crippen LogP contribution in [0, 0.1) is 6.92 Å². The summed E-state index contributed by atoms with van der Waals surface area (Å²) in [7, 11) is -3.53. The highest BCUT2D eigenvalue weighted by atomic mass is 32.2. The van der Waals surface area contributed by atoms with Crippen LogP contribution < -0.4 is 5.32 Å². The second-order valence-corrected chi connectivity index (χ2v) is 8.34. The maximum atomic E-state index is 12.8. The first-order valence-electron chi connectivity index (χ1n) is 8.49. The van der Waals surface area contributed by atoms with E-state index in [2.05, 4.69) is 5.32 Å². The summed E-state index contributed by atoms with van der Waals surface area (Å²) in [6, 6.07) is 4.86. The second kappa shape index (κ2) is 7.21. The maximum absolute atomic E-state index is 12.8. The van der Waals surface area contributed by atoms with E-state index in [-0.39, 0.29) is 16.9 Å². The standard InChI is InChI=1S/C17H24N2O4S/c1-13-6-7-14(17(20)18-12-15-5-4-10-23-15)11-16(13)24(21,22)19-8-2-3-9-19/h6-7,11,15H,2-5,8-10,12H2,1H3,(H,18,20)/t15-/m1/s1. The van der Waals surface area contributed by atoms with Crippen molar-refractivity contribution in [1.29, 1.82) is 0 Å². The van der Waals surface area contributed by atoms with E-state index in [1.54, 1.807) is 19.1 Å². The molecule has 6 nitrogen and oxygen atoms in total. The van der Waals surface area contributed by atoms with Gasteiger partial charge in [0.2, 0.25) is 10.0 Å². The molecule has 1 amide bonds. The smallest absolute Gasteiger partial charge is 0.251 e. The largest absolute Gasteiger partial charge is 0.376 e. The van der Waals surface area contributed by atoms with Crippen molar-refractivity contribution in [3.05, 3.63) is 29.3 Å². The summed E-state index contributed by atoms with van der Waals surface area (Å²) in [4.78, 5) is 12.6. The minimum atomic E-state index is -3.53. The van der Waals surface area contributed by atoms with Crippen molar-refractivity contribution < 1.29 is 17.9 Å². The quantitative estimate of drug-likeness (QED) is 0.875. The number of carbonyl (C=O) groups excluding carboxylic acids is 1. The highest BCUT2D eigenvalue weighted by molar-refractivity contribution is 7.89. The van der Waals surface area contributed by atoms with Crippen LogP contribution in [0.15, 0.2) is 23.1 Å². The van der Waals surface area contributed by atoms with Gasteiger partial charge in [-0.05, 0) is 50.3 Å². The first kappa shape index (κ1) is 17.4. The lowest BCUT2D eigenvalue weighted by atomic mass is 10.1. The zero-order valence-electron chi connectivity index (χ0n) is 14.0. The van der Waals surface area contributed by atoms with Gasteiger partial charge in [0.25, 0.3) is 5.91 Å². The van der Waals surface area contributed by atoms with Crippen LogP contribution in [0.25, 0.3) is 0 Å². The van der Waals surface area contributed by atoms with Crippen molar-refractivity contribution in [3.63, 3.8) is 0 Å². The van der Waals surface area contributed by atoms with E-state index in [4.69, 9.17) is 4.74 Å². The van der Waals surface area contributed by atoms with Crippen LogP contribution in [0.3, 0.4) is 0 Å². The minimum absolute atomic E-state index is 0.0622. The molecule has 3 rings (SSSR count). The third-order valence-corrected chi connectivity index (χ3v) is 6.69. The van der Waals surface area contributed by atoms with Crippen molar-refractivity contribution in [1.82, 2.24) is 9.62 Å². The van der Waals surface area contributed by atoms with Gasteiger partial charge >= 0.3 is 0 Å². The lowest BCUT2D eigenvalue weighted by molar-refractivity contribution is 0.0857. The molecule has 1 aromatic carbocycles. The monoisotopic (exact) mass is 352 g/mol. The van der Waals surface area contributed by atoms with Crippen LogP contribution in [-0.4, -0.2) is 51.0 Å². The first-order valence-corrected chi connectivity index (χ1v) is 9.93. The summed E-state index contributed by atoms with van der Waals surface area (Å²) in [5.74, 6) is -0.261. The van der Waals surface area contributed by atoms with Gasteiger partial charge in [-0.25, -0.2) is 8.42 Å². The fourth-order valence-corrected chi connectivity index (χ4v) is 4.97. The van der Waals surface area contributed by atoms with Gasteiger partial charge in [-0.3, -0.25) is 4.79 Å². The average molecular weight is 352 g/mol. The van der Waals surface area contributed by atoms with Crippen LogP contribution in [0.2, 0.25) is 0 Å². The topological polar surface area (TPSA) is 75.7 Å². The number of hydrogen-bond acceptors (Lipinski definition) is 4. The van der Waals surface area contributed by atoms with E-state index in [0.29, 0.717) is 30.8 Å². The molecular formula is C17H24N2O4S. The molecule has 132 valence electrons. The molecular weight excluding hydrogens is 328 g/mol. The number of amides is 1. The molecule has 2 aliphatic rings. The number of nitrogens with one attached hydrogen (secondary N) is 1. The van der Waals surface area contributed by atoms with Gasteiger partial charge in [0.1, 0.15) is 0 Å². The molecule has 2 heterocycles. The van der Waals surface area contributed by atoms with E-state index < -0.39 is 10.0 Å². The lowest BCUT2D eigenvalue weighted by Crippen LogP contribution is -2.32. The number of rotatable bonds is 5. The molecule has 1 aromatic rings. The van der Waals surface area contributed by atoms with Gasteiger partial charge in [-0.15, -0.1) is 0 Å². The molecule has 2 saturated heterocycles. The van der Waals surface area contributed by atoms with Crippen LogP contribution in [-0.2, 0) is 14.8 Å². The molecule has 0 spiro atoms. The Morgan fingerprint density at radius 3 is 2.71 bits per heavy atom. The molecule has 1 atom stereocenters. The third kappa shape index (κ3) is 3.63. The fourth-order valence-electron chi connectivity index (χ4n) is 3.20. The Kier molecular flexibility index (Phi) is 5.22. The summed E-state index contributed by atoms with van der Waals surface area (Å²) < 4.78 is 32.5. The van der Waals surface area contributed by atoms with Gasteiger partial charge in [0.05, 0.1) is 11.0 Å². The number of carbonyl (C=O) groups is 1. The third-order valence-electron chi connectivity index (χ3n) is 4.65. The van der Waals surface area contributed by atoms with Crippen molar-refractivity contribution in [3.8, 4) is 0 Å². The van der Waals surface area contributed by atoms with Crippen LogP contribution >= 0.6 is 0 Å². The Balaban J connectivity index is 1.76. The first-order chi connectivity index (χ1) is 11.5. The van der Waals surface area contributed by atoms with Crippen LogP contribution in [0.4, 0.5) is 0 Å². The van der Waals surface area contributed by atoms with Crippen molar-refractivity contribution in [2.45, 2.75) is 43.6 Å². The number of nitrogens with zero attached hydrogens (tertiary/aromatic N) is 1. The Bertz CT molecular complexity index is 705. The highest BCUT2D eigenvalue weighted by Crippen LogP contribution is 2.24. The Morgan fingerprint density at radius 1 is 1.29 bits per heavy atom. The van der Waals surface area contributed by atoms with Crippen LogP contribution in [0.1, 0.15) is 41.6 Å². The molecule has 24 heavy (non-hydrogen) atoms. The molecule has 0 radical (unpaired) electrons. The highest BCUT2D eigenvalue weighted by Gasteiger charge is 2.29. The lowest BCUT2D eigenvalue weighted by Gasteiger charge is -2.18. The normalized spacial score (nSPS) is 22.0. The van der Waals surface area contributed by atoms with Gasteiger partial charge in [-0.2, -0.15) is 4.31 Å². The van der Waals surface area contributed by atoms with Gasteiger partial charge in [0.15, 0.2) is 0 Å². The SMILES string of the molecule is Cc1ccc(C(=O)NC[C@H]2CCCO2)cc1S(=O)(=O)N1CCCC1. The predicted octanol–water partition coefficient (Wildman–Crippen LogP) is 1.69. The van der Waals surface area contributed by atoms with E-state index in [9.17, 15) is 13.2 Å². The van der Waals surface area contributed by atoms with Crippen molar-refractivity contribution >= 4 is 15.9 Å². The molecule has 0 unspecified atom stereocenters. The Labute approximate surface area is 143 Å². The minimum Gasteiger partial charge on any atom is -0.376 e. The number of aryl methyl sites for hydroxylation is 1. The number of ether oxygens (including phenoxy) is 1. The number of hydrogen-bond donors (Lipinski definition) is 1. The van der Waals surface area contributed by atoms with Gasteiger partial charge in [0, 0.05) is 31.8 Å². The molecule has 2 aliphatic heterocycles. The zero-order chi connectivity index (χ0) is 17.2. The van der Waals surface area contributed by atoms with E-state index in [1.165, 1.54) is 10.4 Å². The summed E-state index contributed by atoms with van der Waals surface area (Å²) in [5, 5.41) is 2.84. The van der Waals surface area contributed by atoms with Crippen molar-refractivity contribution in [2.24, 2.45) is 0 Å². The van der Waals surface area contributed by atoms with Crippen LogP contribution in [0.5, 0.6) is 0 Å². The number of benzene rings is 1. The Morgan fingerprint density at radius 2 is 2.04 bits per heavy atom. The molecule has 1 N–H and O–H groups in total. The molecule has 0 aromatic heterocycles. The number of sulfonamides is 1. The maximum Gasteiger partial charge on any atom is 0.251 e. The fraction of sp³-hybridized carbons (Fsp3) is 0.588. The Hall–Kier alpha value is -1.44. The van der Waals surface area contributed by atoms with Gasteiger partial charge in [-0.1, -0.05) is 6.07 Å². The molecule has 7 heteroatoms. The van der Waals surface area contributed by atoms with E-state index in [1.807, 2.05) is 0 Å². The summed E-state index contributed by atoms with van der Waals surface area (Å²) >= 11 is 0. The average Bonchev–Trinajstić information content (AvgIpc) is 3.26. The summed E-state index contributed by atoms with van der Waals surface area (Å²) in [6.45, 7) is 4.07. The van der Waals surface area contributed by atoms with Crippen molar-refractivity contribution in [2.75, 3.05) is 26.2 Å².